The first-order valence-corrected chi connectivity index (χ1v) is 8.35. The maximum absolute atomic E-state index is 4.68. The van der Waals surface area contributed by atoms with Crippen LogP contribution in [-0.2, 0) is 6.54 Å². The summed E-state index contributed by atoms with van der Waals surface area (Å²) in [6, 6.07) is 14.7. The number of hydrogen-bond acceptors (Lipinski definition) is 3. The van der Waals surface area contributed by atoms with Gasteiger partial charge in [0.1, 0.15) is 0 Å². The second kappa shape index (κ2) is 7.01. The predicted molar refractivity (Wildman–Crippen MR) is 96.0 cm³/mol. The topological polar surface area (TPSA) is 47.7 Å². The molecule has 0 aliphatic heterocycles. The van der Waals surface area contributed by atoms with Crippen LogP contribution in [0.25, 0.3) is 0 Å². The highest BCUT2D eigenvalue weighted by Crippen LogP contribution is 2.16. The maximum atomic E-state index is 4.68. The standard InChI is InChI=1S/C19H25N5/c1-14-10-16(3)23(21-14)19(24-17(4)11-15(2)22-24)13-20-12-18-8-6-5-7-9-18/h5-11,19-20H,12-13H2,1-4H3. The molecule has 0 spiro atoms. The van der Waals surface area contributed by atoms with Crippen molar-refractivity contribution in [2.75, 3.05) is 6.54 Å². The third-order valence-corrected chi connectivity index (χ3v) is 4.15. The summed E-state index contributed by atoms with van der Waals surface area (Å²) in [5.74, 6) is 0. The summed E-state index contributed by atoms with van der Waals surface area (Å²) < 4.78 is 4.12. The molecule has 0 aliphatic carbocycles. The molecule has 3 aromatic rings. The van der Waals surface area contributed by atoms with E-state index in [1.165, 1.54) is 5.56 Å². The Bertz CT molecular complexity index is 754. The molecule has 0 radical (unpaired) electrons. The van der Waals surface area contributed by atoms with Crippen LogP contribution in [-0.4, -0.2) is 26.1 Å². The molecule has 0 saturated heterocycles. The molecule has 1 N–H and O–H groups in total. The molecule has 1 aromatic carbocycles. The summed E-state index contributed by atoms with van der Waals surface area (Å²) in [6.07, 6.45) is 0.0242. The van der Waals surface area contributed by atoms with Gasteiger partial charge in [-0.1, -0.05) is 30.3 Å². The van der Waals surface area contributed by atoms with E-state index in [9.17, 15) is 0 Å². The zero-order valence-electron chi connectivity index (χ0n) is 14.8. The smallest absolute Gasteiger partial charge is 0.156 e. The minimum atomic E-state index is 0.0242. The van der Waals surface area contributed by atoms with Crippen molar-refractivity contribution in [3.63, 3.8) is 0 Å². The van der Waals surface area contributed by atoms with E-state index >= 15 is 0 Å². The van der Waals surface area contributed by atoms with Crippen LogP contribution in [0.2, 0.25) is 0 Å². The molecule has 5 nitrogen and oxygen atoms in total. The fraction of sp³-hybridized carbons (Fsp3) is 0.368. The van der Waals surface area contributed by atoms with Crippen LogP contribution in [0.1, 0.15) is 34.5 Å². The van der Waals surface area contributed by atoms with Crippen molar-refractivity contribution < 1.29 is 0 Å². The molecular weight excluding hydrogens is 298 g/mol. The first kappa shape index (κ1) is 16.5. The zero-order valence-corrected chi connectivity index (χ0v) is 14.8. The Morgan fingerprint density at radius 1 is 0.875 bits per heavy atom. The van der Waals surface area contributed by atoms with Gasteiger partial charge in [-0.15, -0.1) is 0 Å². The van der Waals surface area contributed by atoms with Crippen molar-refractivity contribution in [3.8, 4) is 0 Å². The maximum Gasteiger partial charge on any atom is 0.156 e. The van der Waals surface area contributed by atoms with Crippen LogP contribution in [0.4, 0.5) is 0 Å². The lowest BCUT2D eigenvalue weighted by atomic mass is 10.2. The Morgan fingerprint density at radius 2 is 1.42 bits per heavy atom. The summed E-state index contributed by atoms with van der Waals surface area (Å²) in [6.45, 7) is 9.83. The van der Waals surface area contributed by atoms with Crippen LogP contribution < -0.4 is 5.32 Å². The molecule has 2 aromatic heterocycles. The minimum Gasteiger partial charge on any atom is -0.309 e. The summed E-state index contributed by atoms with van der Waals surface area (Å²) in [4.78, 5) is 0. The molecule has 5 heteroatoms. The first-order chi connectivity index (χ1) is 11.5. The molecule has 126 valence electrons. The fourth-order valence-corrected chi connectivity index (χ4v) is 3.11. The van der Waals surface area contributed by atoms with Crippen molar-refractivity contribution in [2.24, 2.45) is 0 Å². The Balaban J connectivity index is 1.82. The van der Waals surface area contributed by atoms with Crippen LogP contribution in [0.15, 0.2) is 42.5 Å². The fourth-order valence-electron chi connectivity index (χ4n) is 3.11. The molecule has 0 bridgehead atoms. The second-order valence-corrected chi connectivity index (χ2v) is 6.34. The lowest BCUT2D eigenvalue weighted by molar-refractivity contribution is 0.329. The van der Waals surface area contributed by atoms with E-state index < -0.39 is 0 Å². The van der Waals surface area contributed by atoms with E-state index in [1.54, 1.807) is 0 Å². The van der Waals surface area contributed by atoms with E-state index in [-0.39, 0.29) is 6.17 Å². The van der Waals surface area contributed by atoms with E-state index in [0.717, 1.165) is 35.9 Å². The average Bonchev–Trinajstić information content (AvgIpc) is 3.06. The van der Waals surface area contributed by atoms with Gasteiger partial charge in [0.15, 0.2) is 6.17 Å². The summed E-state index contributed by atoms with van der Waals surface area (Å²) in [5.41, 5.74) is 5.63. The Kier molecular flexibility index (Phi) is 4.81. The average molecular weight is 323 g/mol. The van der Waals surface area contributed by atoms with Crippen molar-refractivity contribution in [3.05, 3.63) is 70.8 Å². The normalized spacial score (nSPS) is 11.4. The van der Waals surface area contributed by atoms with Crippen LogP contribution in [0.5, 0.6) is 0 Å². The Labute approximate surface area is 143 Å². The molecule has 24 heavy (non-hydrogen) atoms. The number of aryl methyl sites for hydroxylation is 4. The zero-order chi connectivity index (χ0) is 17.1. The Morgan fingerprint density at radius 3 is 1.88 bits per heavy atom. The van der Waals surface area contributed by atoms with E-state index in [4.69, 9.17) is 0 Å². The van der Waals surface area contributed by atoms with Crippen molar-refractivity contribution in [2.45, 2.75) is 40.4 Å². The largest absolute Gasteiger partial charge is 0.309 e. The van der Waals surface area contributed by atoms with Crippen molar-refractivity contribution >= 4 is 0 Å². The van der Waals surface area contributed by atoms with Gasteiger partial charge < -0.3 is 5.32 Å². The van der Waals surface area contributed by atoms with E-state index in [2.05, 4.69) is 75.1 Å². The number of aromatic nitrogens is 4. The number of benzene rings is 1. The number of hydrogen-bond donors (Lipinski definition) is 1. The molecular formula is C19H25N5. The van der Waals surface area contributed by atoms with Gasteiger partial charge >= 0.3 is 0 Å². The lowest BCUT2D eigenvalue weighted by Crippen LogP contribution is -2.32. The number of nitrogens with zero attached hydrogens (tertiary/aromatic N) is 4. The van der Waals surface area contributed by atoms with Gasteiger partial charge in [0.05, 0.1) is 11.4 Å². The van der Waals surface area contributed by atoms with E-state index in [1.807, 2.05) is 19.9 Å². The predicted octanol–water partition coefficient (Wildman–Crippen LogP) is 3.15. The van der Waals surface area contributed by atoms with Gasteiger partial charge in [0.2, 0.25) is 0 Å². The van der Waals surface area contributed by atoms with Crippen LogP contribution in [0, 0.1) is 27.7 Å². The third-order valence-electron chi connectivity index (χ3n) is 4.15. The summed E-state index contributed by atoms with van der Waals surface area (Å²) in [5, 5.41) is 12.9. The van der Waals surface area contributed by atoms with Crippen LogP contribution in [0.3, 0.4) is 0 Å². The first-order valence-electron chi connectivity index (χ1n) is 8.35. The highest BCUT2D eigenvalue weighted by Gasteiger charge is 2.19. The summed E-state index contributed by atoms with van der Waals surface area (Å²) >= 11 is 0. The van der Waals surface area contributed by atoms with Crippen molar-refractivity contribution in [1.29, 1.82) is 0 Å². The van der Waals surface area contributed by atoms with Gasteiger partial charge in [0.25, 0.3) is 0 Å². The second-order valence-electron chi connectivity index (χ2n) is 6.34. The minimum absolute atomic E-state index is 0.0242. The van der Waals surface area contributed by atoms with Gasteiger partial charge in [0, 0.05) is 24.5 Å². The molecule has 2 heterocycles. The van der Waals surface area contributed by atoms with Crippen LogP contribution >= 0.6 is 0 Å². The monoisotopic (exact) mass is 323 g/mol. The molecule has 0 amide bonds. The molecule has 0 atom stereocenters. The number of nitrogens with one attached hydrogen (secondary N) is 1. The van der Waals surface area contributed by atoms with Gasteiger partial charge in [-0.05, 0) is 45.4 Å². The molecule has 0 unspecified atom stereocenters. The third kappa shape index (κ3) is 3.57. The summed E-state index contributed by atoms with van der Waals surface area (Å²) in [7, 11) is 0. The SMILES string of the molecule is Cc1cc(C)n(C(CNCc2ccccc2)n2nc(C)cc2C)n1. The van der Waals surface area contributed by atoms with E-state index in [0.29, 0.717) is 0 Å². The lowest BCUT2D eigenvalue weighted by Gasteiger charge is -2.22. The van der Waals surface area contributed by atoms with Gasteiger partial charge in [-0.3, -0.25) is 0 Å². The molecule has 3 rings (SSSR count). The molecule has 0 fully saturated rings. The van der Waals surface area contributed by atoms with Gasteiger partial charge in [-0.25, -0.2) is 9.36 Å². The highest BCUT2D eigenvalue weighted by atomic mass is 15.5. The molecule has 0 saturated carbocycles. The quantitative estimate of drug-likeness (QED) is 0.758. The Hall–Kier alpha value is -2.40. The highest BCUT2D eigenvalue weighted by molar-refractivity contribution is 5.15. The van der Waals surface area contributed by atoms with Crippen molar-refractivity contribution in [1.82, 2.24) is 24.9 Å². The molecule has 0 aliphatic rings. The van der Waals surface area contributed by atoms with Gasteiger partial charge in [-0.2, -0.15) is 10.2 Å². The number of rotatable bonds is 6.